The van der Waals surface area contributed by atoms with Gasteiger partial charge in [-0.15, -0.1) is 0 Å². The predicted molar refractivity (Wildman–Crippen MR) is 127 cm³/mol. The highest BCUT2D eigenvalue weighted by atomic mass is 35.5. The monoisotopic (exact) mass is 626 g/mol. The molecule has 0 aromatic carbocycles. The van der Waals surface area contributed by atoms with Crippen LogP contribution >= 0.6 is 19.2 Å². The molecule has 1 saturated heterocycles. The van der Waals surface area contributed by atoms with Crippen molar-refractivity contribution < 1.29 is 59.6 Å². The second kappa shape index (κ2) is 12.3. The summed E-state index contributed by atoms with van der Waals surface area (Å²) in [7, 11) is -5.03. The molecule has 2 aromatic rings. The second-order valence-electron chi connectivity index (χ2n) is 9.36. The number of nitrogens with zero attached hydrogens (tertiary/aromatic N) is 3. The van der Waals surface area contributed by atoms with Crippen molar-refractivity contribution in [2.24, 2.45) is 0 Å². The molecular weight excluding hydrogens is 601 g/mol. The van der Waals surface area contributed by atoms with E-state index < -0.39 is 70.7 Å². The van der Waals surface area contributed by atoms with Gasteiger partial charge in [-0.2, -0.15) is 31.3 Å². The van der Waals surface area contributed by atoms with Crippen LogP contribution in [0.5, 0.6) is 0 Å². The Morgan fingerprint density at radius 2 is 1.70 bits per heavy atom. The van der Waals surface area contributed by atoms with E-state index in [2.05, 4.69) is 24.3 Å². The molecule has 11 nitrogen and oxygen atoms in total. The van der Waals surface area contributed by atoms with E-state index in [9.17, 15) is 41.1 Å². The van der Waals surface area contributed by atoms with E-state index in [0.29, 0.717) is 11.2 Å². The number of aliphatic hydroxyl groups excluding tert-OH is 2. The SMILES string of the molecule is O=P(COC[C@H]1O[C@@H](n2ccc3c(NC4CCCC4)nc(Cl)nc32)[C@H](O)[C@@H]1O)(OCC(F)(F)F)OCC(F)(F)F. The Morgan fingerprint density at radius 1 is 1.07 bits per heavy atom. The van der Waals surface area contributed by atoms with Gasteiger partial charge in [0.2, 0.25) is 5.28 Å². The van der Waals surface area contributed by atoms with Gasteiger partial charge in [0.25, 0.3) is 0 Å². The lowest BCUT2D eigenvalue weighted by atomic mass is 10.1. The van der Waals surface area contributed by atoms with Crippen LogP contribution in [0.1, 0.15) is 31.9 Å². The van der Waals surface area contributed by atoms with Crippen LogP contribution in [-0.2, 0) is 23.1 Å². The van der Waals surface area contributed by atoms with Gasteiger partial charge >= 0.3 is 19.9 Å². The van der Waals surface area contributed by atoms with E-state index in [1.54, 1.807) is 6.07 Å². The minimum absolute atomic E-state index is 0.0886. The fourth-order valence-electron chi connectivity index (χ4n) is 4.42. The Balaban J connectivity index is 1.43. The van der Waals surface area contributed by atoms with Gasteiger partial charge in [0.15, 0.2) is 19.4 Å². The van der Waals surface area contributed by atoms with Crippen LogP contribution in [0.2, 0.25) is 5.28 Å². The summed E-state index contributed by atoms with van der Waals surface area (Å²) in [4.78, 5) is 8.44. The standard InChI is InChI=1S/C21H26ClF6N4O7P/c22-19-30-16(29-11-3-1-2-4-11)12-5-6-32(17(12)31-19)18-15(34)14(33)13(39-18)7-36-10-40(35,37-8-20(23,24)25)38-9-21(26,27)28/h5-6,11,13-15,18,33-34H,1-4,7-10H2,(H,29,30,31)/t13-,14-,15-,18-/m1/s1. The molecule has 3 heterocycles. The van der Waals surface area contributed by atoms with Gasteiger partial charge in [-0.1, -0.05) is 12.8 Å². The van der Waals surface area contributed by atoms with Crippen molar-refractivity contribution in [3.63, 3.8) is 0 Å². The third-order valence-corrected chi connectivity index (χ3v) is 7.95. The number of aromatic nitrogens is 3. The summed E-state index contributed by atoms with van der Waals surface area (Å²) in [5, 5.41) is 24.9. The van der Waals surface area contributed by atoms with Crippen molar-refractivity contribution in [3.05, 3.63) is 17.5 Å². The normalized spacial score (nSPS) is 24.8. The van der Waals surface area contributed by atoms with Crippen molar-refractivity contribution >= 4 is 36.0 Å². The topological polar surface area (TPSA) is 137 Å². The zero-order valence-corrected chi connectivity index (χ0v) is 22.2. The molecule has 2 fully saturated rings. The van der Waals surface area contributed by atoms with Gasteiger partial charge in [-0.3, -0.25) is 13.6 Å². The molecule has 2 aliphatic rings. The van der Waals surface area contributed by atoms with Crippen LogP contribution in [0.4, 0.5) is 32.2 Å². The van der Waals surface area contributed by atoms with Crippen molar-refractivity contribution in [2.45, 2.75) is 68.6 Å². The molecule has 1 aliphatic carbocycles. The number of aliphatic hydroxyl groups is 2. The van der Waals surface area contributed by atoms with Gasteiger partial charge < -0.3 is 29.6 Å². The summed E-state index contributed by atoms with van der Waals surface area (Å²) in [5.41, 5.74) is 0.268. The first-order valence-corrected chi connectivity index (χ1v) is 14.2. The number of rotatable bonds is 11. The highest BCUT2D eigenvalue weighted by molar-refractivity contribution is 7.53. The summed E-state index contributed by atoms with van der Waals surface area (Å²) >= 11 is 6.12. The highest BCUT2D eigenvalue weighted by Crippen LogP contribution is 2.50. The zero-order chi connectivity index (χ0) is 29.3. The number of ether oxygens (including phenoxy) is 2. The summed E-state index contributed by atoms with van der Waals surface area (Å²) < 4.78 is 108. The molecule has 40 heavy (non-hydrogen) atoms. The molecule has 0 bridgehead atoms. The highest BCUT2D eigenvalue weighted by Gasteiger charge is 2.45. The largest absolute Gasteiger partial charge is 0.412 e. The molecule has 1 saturated carbocycles. The fourth-order valence-corrected chi connectivity index (χ4v) is 5.82. The van der Waals surface area contributed by atoms with Crippen molar-refractivity contribution in [1.29, 1.82) is 0 Å². The number of fused-ring (bicyclic) bond motifs is 1. The van der Waals surface area contributed by atoms with E-state index in [1.807, 2.05) is 0 Å². The number of hydrogen-bond donors (Lipinski definition) is 3. The lowest BCUT2D eigenvalue weighted by Crippen LogP contribution is -2.34. The van der Waals surface area contributed by atoms with E-state index in [-0.39, 0.29) is 17.0 Å². The van der Waals surface area contributed by atoms with Gasteiger partial charge in [0.05, 0.1) is 12.0 Å². The molecule has 19 heteroatoms. The average molecular weight is 627 g/mol. The van der Waals surface area contributed by atoms with E-state index in [1.165, 1.54) is 10.8 Å². The Bertz CT molecular complexity index is 1190. The molecule has 0 amide bonds. The molecular formula is C21H26ClF6N4O7P. The number of hydrogen-bond acceptors (Lipinski definition) is 10. The third kappa shape index (κ3) is 7.97. The molecule has 3 N–H and O–H groups in total. The quantitative estimate of drug-likeness (QED) is 0.187. The third-order valence-electron chi connectivity index (χ3n) is 6.23. The Labute approximate surface area is 228 Å². The van der Waals surface area contributed by atoms with Crippen LogP contribution in [0.25, 0.3) is 11.0 Å². The first-order valence-electron chi connectivity index (χ1n) is 12.1. The van der Waals surface area contributed by atoms with E-state index in [4.69, 9.17) is 21.1 Å². The maximum absolute atomic E-state index is 12.5. The molecule has 226 valence electrons. The lowest BCUT2D eigenvalue weighted by molar-refractivity contribution is -0.166. The summed E-state index contributed by atoms with van der Waals surface area (Å²) in [5.74, 6) is 0.474. The first-order chi connectivity index (χ1) is 18.6. The zero-order valence-electron chi connectivity index (χ0n) is 20.6. The fraction of sp³-hybridized carbons (Fsp3) is 0.714. The molecule has 0 radical (unpaired) electrons. The smallest absolute Gasteiger partial charge is 0.387 e. The van der Waals surface area contributed by atoms with Gasteiger partial charge in [-0.25, -0.2) is 4.98 Å². The number of anilines is 1. The average Bonchev–Trinajstić information content (AvgIpc) is 3.57. The molecule has 2 aromatic heterocycles. The van der Waals surface area contributed by atoms with Crippen molar-refractivity contribution in [3.8, 4) is 0 Å². The van der Waals surface area contributed by atoms with Crippen LogP contribution in [0.3, 0.4) is 0 Å². The van der Waals surface area contributed by atoms with Crippen LogP contribution in [0, 0.1) is 0 Å². The van der Waals surface area contributed by atoms with Gasteiger partial charge in [0, 0.05) is 12.2 Å². The van der Waals surface area contributed by atoms with Gasteiger partial charge in [0.1, 0.15) is 36.1 Å². The van der Waals surface area contributed by atoms with Crippen molar-refractivity contribution in [2.75, 3.05) is 31.5 Å². The summed E-state index contributed by atoms with van der Waals surface area (Å²) in [6.45, 7) is -4.97. The maximum atomic E-state index is 12.5. The van der Waals surface area contributed by atoms with Crippen molar-refractivity contribution in [1.82, 2.24) is 14.5 Å². The summed E-state index contributed by atoms with van der Waals surface area (Å²) in [6.07, 6.45) is -11.5. The summed E-state index contributed by atoms with van der Waals surface area (Å²) in [6, 6.07) is 1.85. The number of alkyl halides is 6. The van der Waals surface area contributed by atoms with Crippen LogP contribution < -0.4 is 5.32 Å². The number of nitrogens with one attached hydrogen (secondary N) is 1. The predicted octanol–water partition coefficient (Wildman–Crippen LogP) is 4.38. The first kappa shape index (κ1) is 31.2. The minimum atomic E-state index is -5.03. The Hall–Kier alpha value is -1.72. The Morgan fingerprint density at radius 3 is 2.30 bits per heavy atom. The molecule has 0 spiro atoms. The molecule has 0 unspecified atom stereocenters. The molecule has 4 rings (SSSR count). The Kier molecular flexibility index (Phi) is 9.56. The minimum Gasteiger partial charge on any atom is -0.387 e. The van der Waals surface area contributed by atoms with Gasteiger partial charge in [-0.05, 0) is 30.5 Å². The van der Waals surface area contributed by atoms with E-state index >= 15 is 0 Å². The van der Waals surface area contributed by atoms with Crippen LogP contribution in [0.15, 0.2) is 12.3 Å². The second-order valence-corrected chi connectivity index (χ2v) is 11.7. The van der Waals surface area contributed by atoms with E-state index in [0.717, 1.165) is 25.7 Å². The molecule has 4 atom stereocenters. The molecule has 1 aliphatic heterocycles. The van der Waals surface area contributed by atoms with Crippen LogP contribution in [-0.4, -0.2) is 87.6 Å². The maximum Gasteiger partial charge on any atom is 0.412 e. The lowest BCUT2D eigenvalue weighted by Gasteiger charge is -2.21. The number of halogens is 7.